The molecule has 0 unspecified atom stereocenters. The summed E-state index contributed by atoms with van der Waals surface area (Å²) in [5.41, 5.74) is -0.435. The number of benzene rings is 2. The number of carbonyl (C=O) groups excluding carboxylic acids is 3. The average Bonchev–Trinajstić information content (AvgIpc) is 3.05. The van der Waals surface area contributed by atoms with E-state index in [4.69, 9.17) is 37.6 Å². The summed E-state index contributed by atoms with van der Waals surface area (Å²) < 4.78 is 44.6. The Balaban J connectivity index is 1.49. The zero-order valence-corrected chi connectivity index (χ0v) is 27.2. The van der Waals surface area contributed by atoms with E-state index in [-0.39, 0.29) is 40.4 Å². The highest BCUT2D eigenvalue weighted by Gasteiger charge is 2.49. The minimum atomic E-state index is -1.63. The monoisotopic (exact) mass is 704 g/mol. The number of aliphatic hydroxyl groups excluding tert-OH is 4. The molecule has 3 heterocycles. The van der Waals surface area contributed by atoms with E-state index in [1.807, 2.05) is 0 Å². The van der Waals surface area contributed by atoms with Gasteiger partial charge in [0.25, 0.3) is 0 Å². The number of aromatic hydroxyl groups is 1. The van der Waals surface area contributed by atoms with Crippen molar-refractivity contribution in [3.05, 3.63) is 52.2 Å². The third-order valence-corrected chi connectivity index (χ3v) is 8.07. The van der Waals surface area contributed by atoms with Gasteiger partial charge in [-0.25, -0.2) is 0 Å². The number of carbonyl (C=O) groups is 3. The lowest BCUT2D eigenvalue weighted by Crippen LogP contribution is -2.60. The van der Waals surface area contributed by atoms with Gasteiger partial charge in [0.1, 0.15) is 64.5 Å². The molecule has 0 spiro atoms. The smallest absolute Gasteiger partial charge is 0.303 e. The lowest BCUT2D eigenvalue weighted by atomic mass is 9.91. The van der Waals surface area contributed by atoms with Crippen LogP contribution in [-0.2, 0) is 38.1 Å². The Morgan fingerprint density at radius 3 is 2.12 bits per heavy atom. The van der Waals surface area contributed by atoms with Crippen molar-refractivity contribution in [2.24, 2.45) is 0 Å². The molecule has 17 nitrogen and oxygen atoms in total. The Kier molecular flexibility index (Phi) is 10.9. The predicted octanol–water partition coefficient (Wildman–Crippen LogP) is 0.219. The first-order valence-electron chi connectivity index (χ1n) is 15.3. The van der Waals surface area contributed by atoms with Gasteiger partial charge >= 0.3 is 17.9 Å². The minimum Gasteiger partial charge on any atom is -0.507 e. The van der Waals surface area contributed by atoms with Crippen LogP contribution in [0.25, 0.3) is 22.3 Å². The highest BCUT2D eigenvalue weighted by molar-refractivity contribution is 5.88. The van der Waals surface area contributed by atoms with Crippen LogP contribution >= 0.6 is 0 Å². The Morgan fingerprint density at radius 1 is 0.880 bits per heavy atom. The van der Waals surface area contributed by atoms with Gasteiger partial charge in [-0.05, 0) is 24.3 Å². The van der Waals surface area contributed by atoms with Crippen molar-refractivity contribution >= 4 is 28.9 Å². The molecular formula is C33H36O17. The fraction of sp³-hybridized carbons (Fsp3) is 0.455. The second kappa shape index (κ2) is 15.0. The van der Waals surface area contributed by atoms with Crippen LogP contribution in [0.1, 0.15) is 32.4 Å². The molecule has 2 saturated heterocycles. The summed E-state index contributed by atoms with van der Waals surface area (Å²) in [4.78, 5) is 49.6. The van der Waals surface area contributed by atoms with Crippen molar-refractivity contribution in [3.8, 4) is 28.6 Å². The van der Waals surface area contributed by atoms with Crippen LogP contribution in [0, 0.1) is 0 Å². The van der Waals surface area contributed by atoms with Crippen molar-refractivity contribution in [1.82, 2.24) is 0 Å². The van der Waals surface area contributed by atoms with Crippen molar-refractivity contribution in [2.75, 3.05) is 20.3 Å². The Hall–Kier alpha value is -4.78. The Morgan fingerprint density at radius 2 is 1.52 bits per heavy atom. The number of hydrogen-bond donors (Lipinski definition) is 5. The topological polar surface area (TPSA) is 247 Å². The maximum atomic E-state index is 13.6. The third-order valence-electron chi connectivity index (χ3n) is 8.07. The highest BCUT2D eigenvalue weighted by Crippen LogP contribution is 2.46. The normalized spacial score (nSPS) is 28.0. The van der Waals surface area contributed by atoms with Crippen LogP contribution in [0.3, 0.4) is 0 Å². The van der Waals surface area contributed by atoms with E-state index in [0.29, 0.717) is 5.56 Å². The number of phenols is 1. The van der Waals surface area contributed by atoms with E-state index in [2.05, 4.69) is 0 Å². The molecule has 50 heavy (non-hydrogen) atoms. The fourth-order valence-corrected chi connectivity index (χ4v) is 5.90. The fourth-order valence-electron chi connectivity index (χ4n) is 5.90. The van der Waals surface area contributed by atoms with Gasteiger partial charge in [0, 0.05) is 38.5 Å². The molecule has 3 aromatic rings. The van der Waals surface area contributed by atoms with E-state index in [0.717, 1.165) is 26.8 Å². The summed E-state index contributed by atoms with van der Waals surface area (Å²) in [6, 6.07) is 8.26. The summed E-state index contributed by atoms with van der Waals surface area (Å²) in [5, 5.41) is 50.9. The second-order valence-corrected chi connectivity index (χ2v) is 11.6. The van der Waals surface area contributed by atoms with Crippen LogP contribution < -0.4 is 14.9 Å². The van der Waals surface area contributed by atoms with Gasteiger partial charge < -0.3 is 63.1 Å². The third kappa shape index (κ3) is 7.37. The largest absolute Gasteiger partial charge is 0.507 e. The van der Waals surface area contributed by atoms with Gasteiger partial charge in [0.2, 0.25) is 6.29 Å². The zero-order chi connectivity index (χ0) is 36.4. The summed E-state index contributed by atoms with van der Waals surface area (Å²) >= 11 is 0. The summed E-state index contributed by atoms with van der Waals surface area (Å²) in [7, 11) is 1.23. The standard InChI is InChI=1S/C33H36O17/c1-13(35)45-23-12-44-31(32(47-15(3)37)29(23)46-14(2)36)25-19(39)10-21-24(30(25)43-4)18(38)9-20(49-21)16-5-7-17(8-6-16)48-33-28(42)27(41)26(40)22(11-34)50-33/h5-10,22-23,26-29,31-34,39-42H,11-12H2,1-4H3/t22-,23-,26+,27+,28+,29+,31-,32+,33+/m0/s1. The number of fused-ring (bicyclic) bond motifs is 1. The predicted molar refractivity (Wildman–Crippen MR) is 166 cm³/mol. The number of phenolic OH excluding ortho intramolecular Hbond substituents is 1. The molecule has 2 aliphatic heterocycles. The van der Waals surface area contributed by atoms with Crippen LogP contribution in [0.2, 0.25) is 0 Å². The number of rotatable bonds is 9. The van der Waals surface area contributed by atoms with Crippen molar-refractivity contribution in [3.63, 3.8) is 0 Å². The first kappa shape index (κ1) is 36.5. The first-order valence-corrected chi connectivity index (χ1v) is 15.3. The van der Waals surface area contributed by atoms with Gasteiger partial charge in [-0.1, -0.05) is 0 Å². The number of esters is 3. The Labute approximate surface area is 283 Å². The average molecular weight is 705 g/mol. The second-order valence-electron chi connectivity index (χ2n) is 11.6. The van der Waals surface area contributed by atoms with E-state index in [1.165, 1.54) is 37.4 Å². The van der Waals surface area contributed by atoms with Crippen LogP contribution in [0.15, 0.2) is 45.6 Å². The highest BCUT2D eigenvalue weighted by atomic mass is 16.7. The molecule has 5 N–H and O–H groups in total. The summed E-state index contributed by atoms with van der Waals surface area (Å²) in [5.74, 6) is -2.74. The number of methoxy groups -OCH3 is 1. The van der Waals surface area contributed by atoms with Gasteiger partial charge in [-0.2, -0.15) is 0 Å². The van der Waals surface area contributed by atoms with Crippen LogP contribution in [-0.4, -0.2) is 113 Å². The van der Waals surface area contributed by atoms with E-state index in [1.54, 1.807) is 0 Å². The first-order chi connectivity index (χ1) is 23.7. The molecule has 0 aliphatic carbocycles. The molecule has 5 rings (SSSR count). The molecule has 0 saturated carbocycles. The summed E-state index contributed by atoms with van der Waals surface area (Å²) in [6.45, 7) is 2.37. The van der Waals surface area contributed by atoms with Crippen molar-refractivity contribution in [2.45, 2.75) is 75.9 Å². The lowest BCUT2D eigenvalue weighted by molar-refractivity contribution is -0.277. The van der Waals surface area contributed by atoms with Crippen LogP contribution in [0.5, 0.6) is 17.2 Å². The number of aliphatic hydroxyl groups is 4. The Bertz CT molecular complexity index is 1780. The molecule has 1 aromatic heterocycles. The van der Waals surface area contributed by atoms with Gasteiger partial charge in [0.05, 0.1) is 25.9 Å². The molecule has 0 bridgehead atoms. The molecule has 2 aliphatic rings. The zero-order valence-electron chi connectivity index (χ0n) is 27.2. The summed E-state index contributed by atoms with van der Waals surface area (Å²) in [6.07, 6.45) is -12.7. The minimum absolute atomic E-state index is 0.0712. The van der Waals surface area contributed by atoms with E-state index >= 15 is 0 Å². The maximum Gasteiger partial charge on any atom is 0.303 e. The lowest BCUT2D eigenvalue weighted by Gasteiger charge is -2.41. The number of ether oxygens (including phenoxy) is 7. The SMILES string of the molecule is COc1c([C@@H]2OC[C@H](OC(C)=O)[C@@H](OC(C)=O)[C@H]2OC(C)=O)c(O)cc2oc(-c3ccc(O[C@@H]4O[C@@H](CO)[C@@H](O)[C@@H](O)[C@H]4O)cc3)cc(=O)c12. The number of hydrogen-bond acceptors (Lipinski definition) is 17. The molecular weight excluding hydrogens is 668 g/mol. The molecule has 17 heteroatoms. The molecule has 0 radical (unpaired) electrons. The molecule has 9 atom stereocenters. The molecule has 2 fully saturated rings. The molecule has 2 aromatic carbocycles. The van der Waals surface area contributed by atoms with Crippen molar-refractivity contribution < 1.29 is 77.5 Å². The van der Waals surface area contributed by atoms with E-state index in [9.17, 15) is 44.7 Å². The maximum absolute atomic E-state index is 13.6. The molecule has 270 valence electrons. The quantitative estimate of drug-likeness (QED) is 0.148. The van der Waals surface area contributed by atoms with Crippen LogP contribution in [0.4, 0.5) is 0 Å². The molecule has 0 amide bonds. The van der Waals surface area contributed by atoms with Gasteiger partial charge in [-0.15, -0.1) is 0 Å². The van der Waals surface area contributed by atoms with Crippen molar-refractivity contribution in [1.29, 1.82) is 0 Å². The van der Waals surface area contributed by atoms with E-state index < -0.39 is 90.8 Å². The van der Waals surface area contributed by atoms with Gasteiger partial charge in [-0.3, -0.25) is 19.2 Å². The van der Waals surface area contributed by atoms with Gasteiger partial charge in [0.15, 0.2) is 23.7 Å².